The fraction of sp³-hybridized carbons (Fsp3) is 1.00. The van der Waals surface area contributed by atoms with Crippen LogP contribution >= 0.6 is 0 Å². The van der Waals surface area contributed by atoms with Crippen LogP contribution < -0.4 is 18.9 Å². The number of rotatable bonds is 11. The van der Waals surface area contributed by atoms with Crippen LogP contribution in [0.4, 0.5) is 101 Å². The van der Waals surface area contributed by atoms with Crippen LogP contribution in [0.25, 0.3) is 0 Å². The standard InChI is InChI=1S/C12H3F23O3S.Li/c13-2(14,1-39(36,37)38)3(15,16)4(17,18)5(19,20)6(21,22)7(23,24)8(25,26)9(27,28)10(29,30)11(31,32)12(33,34)35;/h1H2,(H,36,37,38);/q;+1/p-1. The summed E-state index contributed by atoms with van der Waals surface area (Å²) in [5, 5.41) is 0. The van der Waals surface area contributed by atoms with Gasteiger partial charge in [-0.05, 0) is 0 Å². The van der Waals surface area contributed by atoms with E-state index in [1.54, 1.807) is 0 Å². The maximum atomic E-state index is 13.5. The second-order valence-electron chi connectivity index (χ2n) is 7.07. The van der Waals surface area contributed by atoms with Gasteiger partial charge in [-0.3, -0.25) is 0 Å². The first-order valence-electron chi connectivity index (χ1n) is 7.99. The van der Waals surface area contributed by atoms with Crippen molar-refractivity contribution >= 4 is 10.1 Å². The van der Waals surface area contributed by atoms with Gasteiger partial charge in [0.1, 0.15) is 15.9 Å². The van der Waals surface area contributed by atoms with Gasteiger partial charge in [0.05, 0.1) is 0 Å². The largest absolute Gasteiger partial charge is 1.00 e. The van der Waals surface area contributed by atoms with E-state index in [4.69, 9.17) is 0 Å². The molecule has 40 heavy (non-hydrogen) atoms. The van der Waals surface area contributed by atoms with Crippen LogP contribution in [0.3, 0.4) is 0 Å². The Kier molecular flexibility index (Phi) is 10.2. The van der Waals surface area contributed by atoms with E-state index in [1.807, 2.05) is 0 Å². The van der Waals surface area contributed by atoms with Gasteiger partial charge in [-0.1, -0.05) is 0 Å². The molecule has 0 rings (SSSR count). The predicted molar refractivity (Wildman–Crippen MR) is 70.1 cm³/mol. The summed E-state index contributed by atoms with van der Waals surface area (Å²) in [5.41, 5.74) is 0. The summed E-state index contributed by atoms with van der Waals surface area (Å²) in [4.78, 5) is 0. The predicted octanol–water partition coefficient (Wildman–Crippen LogP) is 3.45. The molecule has 0 aliphatic rings. The molecule has 0 radical (unpaired) electrons. The Labute approximate surface area is 214 Å². The molecule has 0 fully saturated rings. The average Bonchev–Trinajstić information content (AvgIpc) is 2.63. The first-order valence-corrected chi connectivity index (χ1v) is 9.57. The Morgan fingerprint density at radius 2 is 0.550 bits per heavy atom. The molecule has 0 aromatic rings. The fourth-order valence-electron chi connectivity index (χ4n) is 2.10. The van der Waals surface area contributed by atoms with Crippen molar-refractivity contribution in [1.29, 1.82) is 0 Å². The topological polar surface area (TPSA) is 57.2 Å². The minimum atomic E-state index is -9.54. The van der Waals surface area contributed by atoms with E-state index in [0.717, 1.165) is 0 Å². The monoisotopic (exact) mass is 670 g/mol. The van der Waals surface area contributed by atoms with Crippen molar-refractivity contribution < 1.29 is 133 Å². The third-order valence-corrected chi connectivity index (χ3v) is 5.04. The van der Waals surface area contributed by atoms with Crippen molar-refractivity contribution in [2.75, 3.05) is 5.75 Å². The minimum Gasteiger partial charge on any atom is -0.748 e. The second kappa shape index (κ2) is 9.98. The molecule has 0 aromatic heterocycles. The molecule has 0 atom stereocenters. The van der Waals surface area contributed by atoms with Gasteiger partial charge in [-0.2, -0.15) is 101 Å². The summed E-state index contributed by atoms with van der Waals surface area (Å²) in [6, 6.07) is 0. The summed E-state index contributed by atoms with van der Waals surface area (Å²) in [6.07, 6.45) is -8.15. The summed E-state index contributed by atoms with van der Waals surface area (Å²) >= 11 is 0. The van der Waals surface area contributed by atoms with E-state index in [0.29, 0.717) is 0 Å². The molecule has 3 nitrogen and oxygen atoms in total. The van der Waals surface area contributed by atoms with Gasteiger partial charge in [-0.25, -0.2) is 8.42 Å². The van der Waals surface area contributed by atoms with Gasteiger partial charge in [0.15, 0.2) is 0 Å². The molecule has 0 aromatic carbocycles. The van der Waals surface area contributed by atoms with Crippen LogP contribution in [0, 0.1) is 0 Å². The zero-order valence-electron chi connectivity index (χ0n) is 17.5. The van der Waals surface area contributed by atoms with Crippen molar-refractivity contribution in [2.45, 2.75) is 65.4 Å². The van der Waals surface area contributed by atoms with Crippen molar-refractivity contribution in [3.05, 3.63) is 0 Å². The molecule has 0 saturated heterocycles. The maximum Gasteiger partial charge on any atom is 1.00 e. The van der Waals surface area contributed by atoms with Crippen LogP contribution in [0.5, 0.6) is 0 Å². The molecule has 0 unspecified atom stereocenters. The van der Waals surface area contributed by atoms with Crippen LogP contribution in [0.15, 0.2) is 0 Å². The molecule has 0 heterocycles. The van der Waals surface area contributed by atoms with E-state index in [2.05, 4.69) is 0 Å². The zero-order chi connectivity index (χ0) is 32.7. The molecule has 0 amide bonds. The Hall–Kier alpha value is -1.10. The summed E-state index contributed by atoms with van der Waals surface area (Å²) < 4.78 is 331. The molecule has 0 saturated carbocycles. The molecule has 0 N–H and O–H groups in total. The number of hydrogen-bond acceptors (Lipinski definition) is 3. The van der Waals surface area contributed by atoms with Gasteiger partial charge in [0.25, 0.3) is 0 Å². The van der Waals surface area contributed by atoms with Gasteiger partial charge in [0.2, 0.25) is 0 Å². The van der Waals surface area contributed by atoms with E-state index in [-0.39, 0.29) is 18.9 Å². The van der Waals surface area contributed by atoms with Crippen LogP contribution in [-0.2, 0) is 10.1 Å². The first kappa shape index (κ1) is 41.0. The van der Waals surface area contributed by atoms with Crippen molar-refractivity contribution in [2.24, 2.45) is 0 Å². The Bertz CT molecular complexity index is 1030. The number of halogens is 23. The molecular formula is C12H2F23LiO3S. The average molecular weight is 670 g/mol. The molecular weight excluding hydrogens is 668 g/mol. The third kappa shape index (κ3) is 5.28. The molecule has 28 heteroatoms. The SMILES string of the molecule is O=S(=O)([O-])CC(F)(F)C(F)(F)C(F)(F)C(F)(F)C(F)(F)C(F)(F)C(F)(F)C(F)(F)C(F)(F)C(F)(F)C(F)(F)F.[Li+]. The number of hydrogen-bond donors (Lipinski definition) is 0. The summed E-state index contributed by atoms with van der Waals surface area (Å²) in [6.45, 7) is 0. The van der Waals surface area contributed by atoms with Crippen LogP contribution in [-0.4, -0.2) is 84.1 Å². The quantitative estimate of drug-likeness (QED) is 0.193. The number of alkyl halides is 23. The van der Waals surface area contributed by atoms with E-state index in [9.17, 15) is 114 Å². The molecule has 0 spiro atoms. The second-order valence-corrected chi connectivity index (χ2v) is 8.48. The molecule has 0 bridgehead atoms. The third-order valence-electron chi connectivity index (χ3n) is 4.33. The van der Waals surface area contributed by atoms with E-state index >= 15 is 0 Å². The molecule has 0 aliphatic carbocycles. The molecule has 236 valence electrons. The fourth-order valence-corrected chi connectivity index (χ4v) is 2.73. The smallest absolute Gasteiger partial charge is 0.748 e. The van der Waals surface area contributed by atoms with Gasteiger partial charge in [-0.15, -0.1) is 0 Å². The minimum absolute atomic E-state index is 0. The van der Waals surface area contributed by atoms with Gasteiger partial charge >= 0.3 is 84.3 Å². The normalized spacial score (nSPS) is 16.6. The van der Waals surface area contributed by atoms with E-state index in [1.165, 1.54) is 0 Å². The Balaban J connectivity index is 0. The van der Waals surface area contributed by atoms with Crippen molar-refractivity contribution in [3.63, 3.8) is 0 Å². The Morgan fingerprint density at radius 1 is 0.375 bits per heavy atom. The van der Waals surface area contributed by atoms with E-state index < -0.39 is 81.3 Å². The van der Waals surface area contributed by atoms with Gasteiger partial charge < -0.3 is 4.55 Å². The summed E-state index contributed by atoms with van der Waals surface area (Å²) in [7, 11) is -6.98. The van der Waals surface area contributed by atoms with Crippen LogP contribution in [0.1, 0.15) is 0 Å². The van der Waals surface area contributed by atoms with Gasteiger partial charge in [0, 0.05) is 0 Å². The Morgan fingerprint density at radius 3 is 0.725 bits per heavy atom. The van der Waals surface area contributed by atoms with Crippen LogP contribution in [0.2, 0.25) is 0 Å². The first-order chi connectivity index (χ1) is 16.2. The summed E-state index contributed by atoms with van der Waals surface area (Å²) in [5.74, 6) is -94.3. The van der Waals surface area contributed by atoms with Crippen molar-refractivity contribution in [1.82, 2.24) is 0 Å². The molecule has 0 aliphatic heterocycles. The van der Waals surface area contributed by atoms with Crippen molar-refractivity contribution in [3.8, 4) is 0 Å². The maximum absolute atomic E-state index is 13.5. The zero-order valence-corrected chi connectivity index (χ0v) is 18.3.